The molecule has 0 bridgehead atoms. The van der Waals surface area contributed by atoms with Crippen LogP contribution in [-0.2, 0) is 0 Å². The van der Waals surface area contributed by atoms with Crippen molar-refractivity contribution in [1.29, 1.82) is 0 Å². The molecule has 0 radical (unpaired) electrons. The molecule has 3 N–H and O–H groups in total. The smallest absolute Gasteiger partial charge is 0.0483 e. The average molecular weight is 411 g/mol. The summed E-state index contributed by atoms with van der Waals surface area (Å²) in [6, 6.07) is 25.7. The number of allylic oxidation sites excluding steroid dienone is 1. The van der Waals surface area contributed by atoms with Gasteiger partial charge in [0.2, 0.25) is 0 Å². The van der Waals surface area contributed by atoms with Crippen LogP contribution in [0.3, 0.4) is 0 Å². The lowest BCUT2D eigenvalue weighted by Gasteiger charge is -2.26. The lowest BCUT2D eigenvalue weighted by Crippen LogP contribution is -2.22. The minimum absolute atomic E-state index is 0.320. The number of hydrogen-bond donors (Lipinski definition) is 3. The predicted octanol–water partition coefficient (Wildman–Crippen LogP) is 6.54. The van der Waals surface area contributed by atoms with Gasteiger partial charge in [0.25, 0.3) is 0 Å². The van der Waals surface area contributed by atoms with Gasteiger partial charge in [0, 0.05) is 54.3 Å². The first-order chi connectivity index (χ1) is 15.1. The molecule has 4 rings (SSSR count). The lowest BCUT2D eigenvalue weighted by molar-refractivity contribution is 0.864. The summed E-state index contributed by atoms with van der Waals surface area (Å²) in [6.07, 6.45) is 7.70. The van der Waals surface area contributed by atoms with E-state index in [1.807, 2.05) is 7.05 Å². The van der Waals surface area contributed by atoms with Crippen LogP contribution in [0.4, 0.5) is 28.4 Å². The molecule has 0 heterocycles. The minimum Gasteiger partial charge on any atom is -0.388 e. The highest BCUT2D eigenvalue weighted by molar-refractivity contribution is 5.66. The second kappa shape index (κ2) is 9.43. The van der Waals surface area contributed by atoms with E-state index in [1.165, 1.54) is 11.3 Å². The van der Waals surface area contributed by atoms with Crippen LogP contribution in [0.15, 0.2) is 96.7 Å². The van der Waals surface area contributed by atoms with Crippen LogP contribution in [0.5, 0.6) is 0 Å². The maximum absolute atomic E-state index is 3.58. The topological polar surface area (TPSA) is 39.3 Å². The molecule has 4 nitrogen and oxygen atoms in total. The monoisotopic (exact) mass is 410 g/mol. The van der Waals surface area contributed by atoms with Crippen LogP contribution in [0.1, 0.15) is 12.0 Å². The summed E-state index contributed by atoms with van der Waals surface area (Å²) in [5.74, 6) is 0. The number of nitrogens with one attached hydrogen (secondary N) is 3. The summed E-state index contributed by atoms with van der Waals surface area (Å²) in [6.45, 7) is 2.11. The molecule has 1 aliphatic carbocycles. The molecular formula is C27H30N4. The lowest BCUT2D eigenvalue weighted by atomic mass is 10.1. The number of likely N-dealkylation sites (N-methyl/N-ethyl adjacent to an activating group) is 1. The second-order valence-corrected chi connectivity index (χ2v) is 7.90. The highest BCUT2D eigenvalue weighted by Gasteiger charge is 2.12. The van der Waals surface area contributed by atoms with E-state index in [2.05, 4.69) is 126 Å². The number of nitrogens with zero attached hydrogens (tertiary/aromatic N) is 1. The van der Waals surface area contributed by atoms with Gasteiger partial charge >= 0.3 is 0 Å². The van der Waals surface area contributed by atoms with Crippen molar-refractivity contribution in [3.05, 3.63) is 102 Å². The summed E-state index contributed by atoms with van der Waals surface area (Å²) < 4.78 is 0. The molecule has 0 saturated carbocycles. The van der Waals surface area contributed by atoms with Gasteiger partial charge in [-0.3, -0.25) is 0 Å². The average Bonchev–Trinajstić information content (AvgIpc) is 2.82. The van der Waals surface area contributed by atoms with Gasteiger partial charge in [-0.1, -0.05) is 29.8 Å². The normalized spacial score (nSPS) is 15.2. The zero-order valence-electron chi connectivity index (χ0n) is 18.4. The number of rotatable bonds is 7. The molecule has 0 saturated heterocycles. The standard InChI is InChI=1S/C27H30N4/c1-20-4-6-22(7-5-20)29-24-12-16-26(17-13-24)31(3)27-18-14-25(15-19-27)30-23-10-8-21(28-2)9-11-23/h4-12,14-19,24,28-30H,13H2,1-3H3. The molecule has 1 unspecified atom stereocenters. The zero-order valence-corrected chi connectivity index (χ0v) is 18.4. The number of benzene rings is 3. The van der Waals surface area contributed by atoms with Gasteiger partial charge in [-0.2, -0.15) is 0 Å². The van der Waals surface area contributed by atoms with Gasteiger partial charge in [-0.15, -0.1) is 0 Å². The summed E-state index contributed by atoms with van der Waals surface area (Å²) in [7, 11) is 4.04. The van der Waals surface area contributed by atoms with Crippen molar-refractivity contribution in [3.8, 4) is 0 Å². The Balaban J connectivity index is 1.34. The molecule has 0 aliphatic heterocycles. The third kappa shape index (κ3) is 5.28. The van der Waals surface area contributed by atoms with Crippen LogP contribution in [0.2, 0.25) is 0 Å². The first-order valence-corrected chi connectivity index (χ1v) is 10.7. The fourth-order valence-electron chi connectivity index (χ4n) is 3.63. The summed E-state index contributed by atoms with van der Waals surface area (Å²) >= 11 is 0. The largest absolute Gasteiger partial charge is 0.388 e. The Hall–Kier alpha value is -3.66. The third-order valence-corrected chi connectivity index (χ3v) is 5.59. The van der Waals surface area contributed by atoms with Crippen LogP contribution < -0.4 is 20.9 Å². The first kappa shape index (κ1) is 20.6. The molecule has 3 aromatic carbocycles. The van der Waals surface area contributed by atoms with Crippen molar-refractivity contribution in [2.75, 3.05) is 34.9 Å². The van der Waals surface area contributed by atoms with Crippen molar-refractivity contribution in [3.63, 3.8) is 0 Å². The molecule has 4 heteroatoms. The summed E-state index contributed by atoms with van der Waals surface area (Å²) in [5.41, 5.74) is 8.07. The number of hydrogen-bond acceptors (Lipinski definition) is 4. The van der Waals surface area contributed by atoms with Crippen LogP contribution >= 0.6 is 0 Å². The van der Waals surface area contributed by atoms with E-state index in [1.54, 1.807) is 0 Å². The SMILES string of the molecule is CNc1ccc(Nc2ccc(N(C)C3=CCC(Nc4ccc(C)cc4)C=C3)cc2)cc1. The summed E-state index contributed by atoms with van der Waals surface area (Å²) in [5, 5.41) is 10.2. The van der Waals surface area contributed by atoms with E-state index in [9.17, 15) is 0 Å². The molecular weight excluding hydrogens is 380 g/mol. The third-order valence-electron chi connectivity index (χ3n) is 5.59. The Morgan fingerprint density at radius 2 is 1.35 bits per heavy atom. The van der Waals surface area contributed by atoms with E-state index >= 15 is 0 Å². The minimum atomic E-state index is 0.320. The van der Waals surface area contributed by atoms with Crippen LogP contribution in [0.25, 0.3) is 0 Å². The van der Waals surface area contributed by atoms with E-state index in [0.717, 1.165) is 34.9 Å². The van der Waals surface area contributed by atoms with Crippen molar-refractivity contribution in [2.45, 2.75) is 19.4 Å². The molecule has 3 aromatic rings. The zero-order chi connectivity index (χ0) is 21.6. The van der Waals surface area contributed by atoms with Gasteiger partial charge in [0.05, 0.1) is 0 Å². The highest BCUT2D eigenvalue weighted by atomic mass is 15.1. The van der Waals surface area contributed by atoms with Crippen LogP contribution in [-0.4, -0.2) is 20.1 Å². The van der Waals surface area contributed by atoms with Gasteiger partial charge in [0.15, 0.2) is 0 Å². The molecule has 31 heavy (non-hydrogen) atoms. The van der Waals surface area contributed by atoms with Gasteiger partial charge in [0.1, 0.15) is 0 Å². The predicted molar refractivity (Wildman–Crippen MR) is 135 cm³/mol. The van der Waals surface area contributed by atoms with Crippen molar-refractivity contribution < 1.29 is 0 Å². The quantitative estimate of drug-likeness (QED) is 0.413. The van der Waals surface area contributed by atoms with Gasteiger partial charge in [-0.05, 0) is 80.1 Å². The van der Waals surface area contributed by atoms with Crippen LogP contribution in [0, 0.1) is 6.92 Å². The van der Waals surface area contributed by atoms with Crippen molar-refractivity contribution in [1.82, 2.24) is 0 Å². The van der Waals surface area contributed by atoms with Gasteiger partial charge in [-0.25, -0.2) is 0 Å². The molecule has 0 aromatic heterocycles. The molecule has 1 aliphatic rings. The maximum Gasteiger partial charge on any atom is 0.0483 e. The van der Waals surface area contributed by atoms with Crippen molar-refractivity contribution in [2.24, 2.45) is 0 Å². The Labute approximate surface area is 185 Å². The van der Waals surface area contributed by atoms with Crippen molar-refractivity contribution >= 4 is 28.4 Å². The molecule has 0 fully saturated rings. The molecule has 158 valence electrons. The first-order valence-electron chi connectivity index (χ1n) is 10.7. The Bertz CT molecular complexity index is 1050. The Kier molecular flexibility index (Phi) is 6.27. The van der Waals surface area contributed by atoms with Gasteiger partial charge < -0.3 is 20.9 Å². The molecule has 1 atom stereocenters. The van der Waals surface area contributed by atoms with E-state index in [4.69, 9.17) is 0 Å². The fourth-order valence-corrected chi connectivity index (χ4v) is 3.63. The fraction of sp³-hybridized carbons (Fsp3) is 0.185. The van der Waals surface area contributed by atoms with E-state index < -0.39 is 0 Å². The summed E-state index contributed by atoms with van der Waals surface area (Å²) in [4.78, 5) is 2.23. The second-order valence-electron chi connectivity index (χ2n) is 7.90. The molecule has 0 amide bonds. The molecule has 0 spiro atoms. The maximum atomic E-state index is 3.58. The number of anilines is 5. The Morgan fingerprint density at radius 3 is 1.94 bits per heavy atom. The number of aryl methyl sites for hydroxylation is 1. The Morgan fingerprint density at radius 1 is 0.774 bits per heavy atom. The van der Waals surface area contributed by atoms with E-state index in [0.29, 0.717) is 6.04 Å². The highest BCUT2D eigenvalue weighted by Crippen LogP contribution is 2.26. The van der Waals surface area contributed by atoms with E-state index in [-0.39, 0.29) is 0 Å².